The zero-order valence-electron chi connectivity index (χ0n) is 18.7. The summed E-state index contributed by atoms with van der Waals surface area (Å²) in [5.74, 6) is 3.37. The van der Waals surface area contributed by atoms with Crippen molar-refractivity contribution in [3.05, 3.63) is 48.0 Å². The molecule has 2 aromatic carbocycles. The SMILES string of the molecule is COc1ccccc1-c1nnc(SCC(=O)N2CCC[C@H]2c2ccc3c(c2)OCCO3)n1C. The molecule has 1 atom stereocenters. The number of likely N-dealkylation sites (tertiary alicyclic amines) is 1. The first-order valence-electron chi connectivity index (χ1n) is 11.0. The number of aromatic nitrogens is 3. The lowest BCUT2D eigenvalue weighted by molar-refractivity contribution is -0.129. The minimum absolute atomic E-state index is 0.0533. The van der Waals surface area contributed by atoms with E-state index in [0.717, 1.165) is 47.8 Å². The minimum atomic E-state index is 0.0533. The number of carbonyl (C=O) groups is 1. The van der Waals surface area contributed by atoms with Crippen molar-refractivity contribution in [3.8, 4) is 28.6 Å². The maximum atomic E-state index is 13.2. The van der Waals surface area contributed by atoms with Gasteiger partial charge < -0.3 is 23.7 Å². The summed E-state index contributed by atoms with van der Waals surface area (Å²) in [4.78, 5) is 15.1. The Balaban J connectivity index is 1.28. The van der Waals surface area contributed by atoms with E-state index in [0.29, 0.717) is 29.9 Å². The average Bonchev–Trinajstić information content (AvgIpc) is 3.49. The van der Waals surface area contributed by atoms with Crippen molar-refractivity contribution in [3.63, 3.8) is 0 Å². The van der Waals surface area contributed by atoms with Gasteiger partial charge in [0.15, 0.2) is 22.5 Å². The van der Waals surface area contributed by atoms with Crippen LogP contribution in [0.2, 0.25) is 0 Å². The van der Waals surface area contributed by atoms with Gasteiger partial charge in [0, 0.05) is 13.6 Å². The van der Waals surface area contributed by atoms with E-state index in [4.69, 9.17) is 14.2 Å². The topological polar surface area (TPSA) is 78.7 Å². The summed E-state index contributed by atoms with van der Waals surface area (Å²) in [5, 5.41) is 9.34. The third-order valence-electron chi connectivity index (χ3n) is 6.03. The number of rotatable bonds is 6. The van der Waals surface area contributed by atoms with E-state index in [9.17, 15) is 4.79 Å². The van der Waals surface area contributed by atoms with Gasteiger partial charge in [-0.05, 0) is 42.7 Å². The Morgan fingerprint density at radius 2 is 1.97 bits per heavy atom. The van der Waals surface area contributed by atoms with Crippen LogP contribution >= 0.6 is 11.8 Å². The van der Waals surface area contributed by atoms with Gasteiger partial charge in [-0.2, -0.15) is 0 Å². The fourth-order valence-corrected chi connectivity index (χ4v) is 5.19. The van der Waals surface area contributed by atoms with E-state index in [1.54, 1.807) is 7.11 Å². The third kappa shape index (κ3) is 4.25. The number of fused-ring (bicyclic) bond motifs is 1. The van der Waals surface area contributed by atoms with E-state index in [1.165, 1.54) is 11.8 Å². The number of amides is 1. The molecule has 2 aliphatic rings. The van der Waals surface area contributed by atoms with Crippen molar-refractivity contribution in [1.82, 2.24) is 19.7 Å². The molecule has 0 bridgehead atoms. The van der Waals surface area contributed by atoms with Crippen LogP contribution in [-0.2, 0) is 11.8 Å². The molecule has 172 valence electrons. The number of hydrogen-bond donors (Lipinski definition) is 0. The van der Waals surface area contributed by atoms with E-state index >= 15 is 0 Å². The second kappa shape index (κ2) is 9.35. The molecule has 0 N–H and O–H groups in total. The Hall–Kier alpha value is -3.20. The predicted octanol–water partition coefficient (Wildman–Crippen LogP) is 3.72. The number of benzene rings is 2. The van der Waals surface area contributed by atoms with Crippen LogP contribution in [0.3, 0.4) is 0 Å². The summed E-state index contributed by atoms with van der Waals surface area (Å²) < 4.78 is 18.7. The van der Waals surface area contributed by atoms with Gasteiger partial charge in [0.25, 0.3) is 0 Å². The molecule has 0 saturated carbocycles. The van der Waals surface area contributed by atoms with Crippen molar-refractivity contribution in [2.24, 2.45) is 7.05 Å². The highest BCUT2D eigenvalue weighted by molar-refractivity contribution is 7.99. The van der Waals surface area contributed by atoms with E-state index < -0.39 is 0 Å². The van der Waals surface area contributed by atoms with Gasteiger partial charge in [-0.25, -0.2) is 0 Å². The van der Waals surface area contributed by atoms with Crippen molar-refractivity contribution >= 4 is 17.7 Å². The van der Waals surface area contributed by atoms with Crippen LogP contribution in [0.25, 0.3) is 11.4 Å². The first kappa shape index (κ1) is 21.6. The van der Waals surface area contributed by atoms with Crippen LogP contribution < -0.4 is 14.2 Å². The van der Waals surface area contributed by atoms with Gasteiger partial charge in [-0.1, -0.05) is 30.0 Å². The first-order valence-corrected chi connectivity index (χ1v) is 12.0. The summed E-state index contributed by atoms with van der Waals surface area (Å²) in [7, 11) is 3.54. The molecule has 9 heteroatoms. The first-order chi connectivity index (χ1) is 16.2. The molecule has 0 spiro atoms. The molecule has 1 saturated heterocycles. The van der Waals surface area contributed by atoms with Crippen molar-refractivity contribution < 1.29 is 19.0 Å². The summed E-state index contributed by atoms with van der Waals surface area (Å²) in [6.07, 6.45) is 1.93. The molecule has 1 fully saturated rings. The minimum Gasteiger partial charge on any atom is -0.496 e. The number of nitrogens with zero attached hydrogens (tertiary/aromatic N) is 4. The molecule has 3 aromatic rings. The molecule has 3 heterocycles. The van der Waals surface area contributed by atoms with Crippen LogP contribution in [0, 0.1) is 0 Å². The zero-order valence-corrected chi connectivity index (χ0v) is 19.5. The number of thioether (sulfide) groups is 1. The molecule has 1 aromatic heterocycles. The van der Waals surface area contributed by atoms with Crippen LogP contribution in [0.1, 0.15) is 24.4 Å². The van der Waals surface area contributed by atoms with Crippen LogP contribution in [-0.4, -0.2) is 58.2 Å². The normalized spacial score (nSPS) is 17.3. The Morgan fingerprint density at radius 1 is 1.15 bits per heavy atom. The number of ether oxygens (including phenoxy) is 3. The van der Waals surface area contributed by atoms with E-state index in [-0.39, 0.29) is 11.9 Å². The average molecular weight is 467 g/mol. The summed E-state index contributed by atoms with van der Waals surface area (Å²) in [6, 6.07) is 13.8. The fraction of sp³-hybridized carbons (Fsp3) is 0.375. The molecule has 0 aliphatic carbocycles. The number of carbonyl (C=O) groups excluding carboxylic acids is 1. The van der Waals surface area contributed by atoms with Gasteiger partial charge in [-0.15, -0.1) is 10.2 Å². The van der Waals surface area contributed by atoms with Crippen LogP contribution in [0.5, 0.6) is 17.2 Å². The molecular weight excluding hydrogens is 440 g/mol. The second-order valence-corrected chi connectivity index (χ2v) is 8.94. The Bertz CT molecular complexity index is 1170. The molecule has 0 unspecified atom stereocenters. The molecule has 33 heavy (non-hydrogen) atoms. The van der Waals surface area contributed by atoms with Gasteiger partial charge in [0.05, 0.1) is 24.5 Å². The Morgan fingerprint density at radius 3 is 2.82 bits per heavy atom. The van der Waals surface area contributed by atoms with Crippen molar-refractivity contribution in [1.29, 1.82) is 0 Å². The number of methoxy groups -OCH3 is 1. The summed E-state index contributed by atoms with van der Waals surface area (Å²) in [6.45, 7) is 1.87. The highest BCUT2D eigenvalue weighted by atomic mass is 32.2. The lowest BCUT2D eigenvalue weighted by atomic mass is 10.0. The van der Waals surface area contributed by atoms with Crippen molar-refractivity contribution in [2.45, 2.75) is 24.0 Å². The second-order valence-electron chi connectivity index (χ2n) is 8.00. The molecular formula is C24H26N4O4S. The molecule has 2 aliphatic heterocycles. The van der Waals surface area contributed by atoms with Crippen LogP contribution in [0.15, 0.2) is 47.6 Å². The summed E-state index contributed by atoms with van der Waals surface area (Å²) in [5.41, 5.74) is 1.96. The Labute approximate surface area is 196 Å². The lowest BCUT2D eigenvalue weighted by Crippen LogP contribution is -2.32. The largest absolute Gasteiger partial charge is 0.496 e. The standard InChI is InChI=1S/C24H26N4O4S/c1-27-23(17-6-3-4-8-19(17)30-2)25-26-24(27)33-15-22(29)28-11-5-7-18(28)16-9-10-20-21(14-16)32-13-12-31-20/h3-4,6,8-10,14,18H,5,7,11-13,15H2,1-2H3/t18-/m0/s1. The van der Waals surface area contributed by atoms with E-state index in [1.807, 2.05) is 59.0 Å². The van der Waals surface area contributed by atoms with Crippen molar-refractivity contribution in [2.75, 3.05) is 32.6 Å². The highest BCUT2D eigenvalue weighted by Crippen LogP contribution is 2.38. The van der Waals surface area contributed by atoms with E-state index in [2.05, 4.69) is 10.2 Å². The smallest absolute Gasteiger partial charge is 0.233 e. The van der Waals surface area contributed by atoms with Gasteiger partial charge in [-0.3, -0.25) is 4.79 Å². The van der Waals surface area contributed by atoms with Gasteiger partial charge in [0.1, 0.15) is 19.0 Å². The quantitative estimate of drug-likeness (QED) is 0.513. The zero-order chi connectivity index (χ0) is 22.8. The maximum absolute atomic E-state index is 13.2. The number of hydrogen-bond acceptors (Lipinski definition) is 7. The highest BCUT2D eigenvalue weighted by Gasteiger charge is 2.31. The molecule has 8 nitrogen and oxygen atoms in total. The molecule has 0 radical (unpaired) electrons. The monoisotopic (exact) mass is 466 g/mol. The molecule has 1 amide bonds. The maximum Gasteiger partial charge on any atom is 0.233 e. The van der Waals surface area contributed by atoms with Crippen LogP contribution in [0.4, 0.5) is 0 Å². The summed E-state index contributed by atoms with van der Waals surface area (Å²) >= 11 is 1.40. The number of para-hydroxylation sites is 1. The van der Waals surface area contributed by atoms with Gasteiger partial charge >= 0.3 is 0 Å². The van der Waals surface area contributed by atoms with Gasteiger partial charge in [0.2, 0.25) is 5.91 Å². The molecule has 5 rings (SSSR count). The fourth-order valence-electron chi connectivity index (χ4n) is 4.39. The third-order valence-corrected chi connectivity index (χ3v) is 7.04. The Kier molecular flexibility index (Phi) is 6.13. The lowest BCUT2D eigenvalue weighted by Gasteiger charge is -2.26. The predicted molar refractivity (Wildman–Crippen MR) is 125 cm³/mol.